The zero-order valence-corrected chi connectivity index (χ0v) is 6.62. The number of aliphatic hydroxyl groups is 1. The number of nitrogens with zero attached hydrogens (tertiary/aromatic N) is 1. The van der Waals surface area contributed by atoms with E-state index < -0.39 is 18.7 Å². The Bertz CT molecular complexity index is 260. The predicted octanol–water partition coefficient (Wildman–Crippen LogP) is 2.07. The van der Waals surface area contributed by atoms with Crippen LogP contribution in [0.5, 0.6) is 0 Å². The zero-order chi connectivity index (χ0) is 9.90. The normalized spacial score (nSPS) is 14.2. The van der Waals surface area contributed by atoms with Gasteiger partial charge in [-0.3, -0.25) is 4.98 Å². The van der Waals surface area contributed by atoms with Crippen LogP contribution >= 0.6 is 0 Å². The number of alkyl halides is 3. The maximum atomic E-state index is 11.8. The second-order valence-electron chi connectivity index (χ2n) is 2.59. The third kappa shape index (κ3) is 3.42. The molecule has 1 rings (SSSR count). The van der Waals surface area contributed by atoms with Crippen LogP contribution in [0.4, 0.5) is 13.2 Å². The molecular weight excluding hydrogens is 183 g/mol. The van der Waals surface area contributed by atoms with E-state index in [1.165, 1.54) is 18.3 Å². The number of rotatable bonds is 2. The van der Waals surface area contributed by atoms with Gasteiger partial charge in [0.15, 0.2) is 0 Å². The van der Waals surface area contributed by atoms with Crippen molar-refractivity contribution in [1.82, 2.24) is 4.98 Å². The fourth-order valence-corrected chi connectivity index (χ4v) is 0.897. The van der Waals surface area contributed by atoms with E-state index in [0.29, 0.717) is 0 Å². The Kier molecular flexibility index (Phi) is 2.87. The van der Waals surface area contributed by atoms with Gasteiger partial charge in [0.25, 0.3) is 0 Å². The van der Waals surface area contributed by atoms with Gasteiger partial charge in [-0.15, -0.1) is 0 Å². The smallest absolute Gasteiger partial charge is 0.386 e. The van der Waals surface area contributed by atoms with Gasteiger partial charge < -0.3 is 5.11 Å². The molecule has 0 radical (unpaired) electrons. The second-order valence-corrected chi connectivity index (χ2v) is 2.59. The third-order valence-corrected chi connectivity index (χ3v) is 1.45. The highest BCUT2D eigenvalue weighted by Crippen LogP contribution is 2.27. The number of aliphatic hydroxyl groups excluding tert-OH is 1. The lowest BCUT2D eigenvalue weighted by Gasteiger charge is -2.11. The van der Waals surface area contributed by atoms with E-state index in [9.17, 15) is 13.2 Å². The van der Waals surface area contributed by atoms with Crippen molar-refractivity contribution in [2.75, 3.05) is 0 Å². The van der Waals surface area contributed by atoms with Crippen LogP contribution in [0.25, 0.3) is 0 Å². The van der Waals surface area contributed by atoms with Crippen molar-refractivity contribution in [3.63, 3.8) is 0 Å². The van der Waals surface area contributed by atoms with Crippen molar-refractivity contribution < 1.29 is 18.3 Å². The van der Waals surface area contributed by atoms with Crippen LogP contribution in [0.1, 0.15) is 18.2 Å². The van der Waals surface area contributed by atoms with Gasteiger partial charge in [-0.2, -0.15) is 13.2 Å². The monoisotopic (exact) mass is 191 g/mol. The first-order valence-electron chi connectivity index (χ1n) is 3.65. The molecule has 0 bridgehead atoms. The first kappa shape index (κ1) is 9.98. The summed E-state index contributed by atoms with van der Waals surface area (Å²) in [4.78, 5) is 3.61. The highest BCUT2D eigenvalue weighted by molar-refractivity contribution is 5.06. The molecule has 1 N–H and O–H groups in total. The average molecular weight is 191 g/mol. The van der Waals surface area contributed by atoms with Crippen molar-refractivity contribution in [2.24, 2.45) is 0 Å². The van der Waals surface area contributed by atoms with Gasteiger partial charge in [-0.05, 0) is 12.1 Å². The highest BCUT2D eigenvalue weighted by Gasteiger charge is 2.32. The van der Waals surface area contributed by atoms with E-state index in [1.807, 2.05) is 0 Å². The van der Waals surface area contributed by atoms with Gasteiger partial charge in [0.05, 0.1) is 12.1 Å². The second kappa shape index (κ2) is 3.74. The van der Waals surface area contributed by atoms with Crippen molar-refractivity contribution in [3.05, 3.63) is 30.1 Å². The fraction of sp³-hybridized carbons (Fsp3) is 0.375. The predicted molar refractivity (Wildman–Crippen MR) is 39.9 cm³/mol. The van der Waals surface area contributed by atoms with Gasteiger partial charge in [-0.1, -0.05) is 6.07 Å². The fourth-order valence-electron chi connectivity index (χ4n) is 0.897. The summed E-state index contributed by atoms with van der Waals surface area (Å²) < 4.78 is 35.4. The molecule has 0 aliphatic heterocycles. The Hall–Kier alpha value is -1.10. The topological polar surface area (TPSA) is 33.1 Å². The van der Waals surface area contributed by atoms with Crippen molar-refractivity contribution >= 4 is 0 Å². The van der Waals surface area contributed by atoms with E-state index in [1.54, 1.807) is 6.07 Å². The highest BCUT2D eigenvalue weighted by atomic mass is 19.4. The Labute approximate surface area is 73.0 Å². The largest absolute Gasteiger partial charge is 0.391 e. The van der Waals surface area contributed by atoms with E-state index in [4.69, 9.17) is 5.11 Å². The van der Waals surface area contributed by atoms with E-state index in [2.05, 4.69) is 4.98 Å². The Morgan fingerprint density at radius 1 is 1.38 bits per heavy atom. The van der Waals surface area contributed by atoms with Gasteiger partial charge in [-0.25, -0.2) is 0 Å². The molecule has 0 aliphatic carbocycles. The summed E-state index contributed by atoms with van der Waals surface area (Å²) in [5.74, 6) is 0. The number of hydrogen-bond donors (Lipinski definition) is 1. The lowest BCUT2D eigenvalue weighted by molar-refractivity contribution is -0.154. The lowest BCUT2D eigenvalue weighted by Crippen LogP contribution is -2.14. The van der Waals surface area contributed by atoms with Crippen LogP contribution in [0, 0.1) is 0 Å². The summed E-state index contributed by atoms with van der Waals surface area (Å²) in [6.45, 7) is 0. The Morgan fingerprint density at radius 2 is 2.08 bits per heavy atom. The molecule has 1 unspecified atom stereocenters. The molecule has 1 heterocycles. The van der Waals surface area contributed by atoms with E-state index in [0.717, 1.165) is 0 Å². The summed E-state index contributed by atoms with van der Waals surface area (Å²) in [6, 6.07) is 4.46. The van der Waals surface area contributed by atoms with Crippen LogP contribution in [0.2, 0.25) is 0 Å². The maximum Gasteiger partial charge on any atom is 0.391 e. The molecule has 0 fully saturated rings. The zero-order valence-electron chi connectivity index (χ0n) is 6.62. The summed E-state index contributed by atoms with van der Waals surface area (Å²) in [6.07, 6.45) is -5.85. The Morgan fingerprint density at radius 3 is 2.54 bits per heavy atom. The minimum atomic E-state index is -4.36. The van der Waals surface area contributed by atoms with E-state index in [-0.39, 0.29) is 5.69 Å². The van der Waals surface area contributed by atoms with Gasteiger partial charge >= 0.3 is 6.18 Å². The molecule has 5 heteroatoms. The van der Waals surface area contributed by atoms with Crippen LogP contribution in [0.3, 0.4) is 0 Å². The van der Waals surface area contributed by atoms with Crippen LogP contribution < -0.4 is 0 Å². The number of aromatic nitrogens is 1. The van der Waals surface area contributed by atoms with Crippen LogP contribution in [0.15, 0.2) is 24.4 Å². The number of halogens is 3. The summed E-state index contributed by atoms with van der Waals surface area (Å²) in [5, 5.41) is 9.07. The van der Waals surface area contributed by atoms with Crippen molar-refractivity contribution in [2.45, 2.75) is 18.7 Å². The molecule has 0 aromatic carbocycles. The summed E-state index contributed by atoms with van der Waals surface area (Å²) in [5.41, 5.74) is 0.0415. The van der Waals surface area contributed by atoms with Gasteiger partial charge in [0, 0.05) is 6.20 Å². The standard InChI is InChI=1S/C8H8F3NO/c9-8(10,11)5-7(13)6-3-1-2-4-12-6/h1-4,7,13H,5H2. The van der Waals surface area contributed by atoms with Gasteiger partial charge in [0.1, 0.15) is 6.10 Å². The summed E-state index contributed by atoms with van der Waals surface area (Å²) in [7, 11) is 0. The third-order valence-electron chi connectivity index (χ3n) is 1.45. The molecule has 1 aromatic heterocycles. The van der Waals surface area contributed by atoms with Crippen molar-refractivity contribution in [1.29, 1.82) is 0 Å². The number of hydrogen-bond acceptors (Lipinski definition) is 2. The molecule has 72 valence electrons. The summed E-state index contributed by atoms with van der Waals surface area (Å²) >= 11 is 0. The number of pyridine rings is 1. The first-order valence-corrected chi connectivity index (χ1v) is 3.65. The van der Waals surface area contributed by atoms with Crippen LogP contribution in [-0.2, 0) is 0 Å². The SMILES string of the molecule is OC(CC(F)(F)F)c1ccccn1. The van der Waals surface area contributed by atoms with Crippen molar-refractivity contribution in [3.8, 4) is 0 Å². The van der Waals surface area contributed by atoms with E-state index >= 15 is 0 Å². The molecule has 13 heavy (non-hydrogen) atoms. The lowest BCUT2D eigenvalue weighted by atomic mass is 10.1. The molecule has 1 atom stereocenters. The maximum absolute atomic E-state index is 11.8. The van der Waals surface area contributed by atoms with Crippen LogP contribution in [-0.4, -0.2) is 16.3 Å². The van der Waals surface area contributed by atoms with Gasteiger partial charge in [0.2, 0.25) is 0 Å². The average Bonchev–Trinajstić information content (AvgIpc) is 2.03. The molecule has 0 spiro atoms. The first-order chi connectivity index (χ1) is 5.99. The Balaban J connectivity index is 2.64. The molecule has 0 saturated carbocycles. The molecule has 0 saturated heterocycles. The molecule has 0 amide bonds. The molecular formula is C8H8F3NO. The quantitative estimate of drug-likeness (QED) is 0.776. The molecule has 2 nitrogen and oxygen atoms in total. The molecule has 0 aliphatic rings. The molecule has 1 aromatic rings. The minimum Gasteiger partial charge on any atom is -0.386 e. The minimum absolute atomic E-state index is 0.0415.